The Labute approximate surface area is 152 Å². The SMILES string of the molecule is O=C(O)CNC(=O)c1c(O)c2ccc(OCc3ccccn3)cc2[nH]c1=O. The molecule has 0 saturated carbocycles. The fourth-order valence-electron chi connectivity index (χ4n) is 2.45. The maximum absolute atomic E-state index is 12.2. The molecule has 0 radical (unpaired) electrons. The largest absolute Gasteiger partial charge is 0.506 e. The van der Waals surface area contributed by atoms with Crippen LogP contribution in [0.4, 0.5) is 0 Å². The van der Waals surface area contributed by atoms with Crippen LogP contribution in [-0.4, -0.2) is 38.6 Å². The van der Waals surface area contributed by atoms with Crippen molar-refractivity contribution in [2.24, 2.45) is 0 Å². The molecule has 0 spiro atoms. The van der Waals surface area contributed by atoms with E-state index in [1.54, 1.807) is 24.4 Å². The number of rotatable bonds is 6. The molecule has 3 aromatic rings. The Morgan fingerprint density at radius 2 is 2.04 bits per heavy atom. The number of aromatic amines is 1. The van der Waals surface area contributed by atoms with Crippen LogP contribution >= 0.6 is 0 Å². The summed E-state index contributed by atoms with van der Waals surface area (Å²) in [5.41, 5.74) is -0.402. The van der Waals surface area contributed by atoms with Crippen molar-refractivity contribution in [1.82, 2.24) is 15.3 Å². The first-order chi connectivity index (χ1) is 13.0. The predicted octanol–water partition coefficient (Wildman–Crippen LogP) is 1.02. The van der Waals surface area contributed by atoms with Gasteiger partial charge in [-0.2, -0.15) is 0 Å². The van der Waals surface area contributed by atoms with Gasteiger partial charge in [-0.05, 0) is 24.3 Å². The first-order valence-corrected chi connectivity index (χ1v) is 7.87. The summed E-state index contributed by atoms with van der Waals surface area (Å²) in [5.74, 6) is -2.34. The van der Waals surface area contributed by atoms with Gasteiger partial charge in [0.1, 0.15) is 30.2 Å². The summed E-state index contributed by atoms with van der Waals surface area (Å²) in [7, 11) is 0. The van der Waals surface area contributed by atoms with Crippen molar-refractivity contribution in [1.29, 1.82) is 0 Å². The van der Waals surface area contributed by atoms with Gasteiger partial charge in [0.05, 0.1) is 11.2 Å². The number of amides is 1. The minimum atomic E-state index is -1.27. The van der Waals surface area contributed by atoms with Gasteiger partial charge in [0, 0.05) is 17.6 Å². The highest BCUT2D eigenvalue weighted by Gasteiger charge is 2.19. The average Bonchev–Trinajstić information content (AvgIpc) is 2.65. The van der Waals surface area contributed by atoms with Gasteiger partial charge in [-0.1, -0.05) is 6.07 Å². The number of hydrogen-bond acceptors (Lipinski definition) is 6. The molecule has 1 aromatic carbocycles. The highest BCUT2D eigenvalue weighted by Crippen LogP contribution is 2.28. The number of ether oxygens (including phenoxy) is 1. The molecular formula is C18H15N3O6. The molecule has 0 aliphatic heterocycles. The van der Waals surface area contributed by atoms with Crippen LogP contribution in [0.5, 0.6) is 11.5 Å². The fourth-order valence-corrected chi connectivity index (χ4v) is 2.45. The molecule has 4 N–H and O–H groups in total. The van der Waals surface area contributed by atoms with Gasteiger partial charge in [0.25, 0.3) is 11.5 Å². The van der Waals surface area contributed by atoms with Gasteiger partial charge in [-0.25, -0.2) is 0 Å². The minimum Gasteiger partial charge on any atom is -0.506 e. The zero-order valence-corrected chi connectivity index (χ0v) is 13.9. The van der Waals surface area contributed by atoms with Crippen LogP contribution in [-0.2, 0) is 11.4 Å². The first-order valence-electron chi connectivity index (χ1n) is 7.87. The third-order valence-corrected chi connectivity index (χ3v) is 3.70. The Morgan fingerprint density at radius 3 is 2.74 bits per heavy atom. The molecule has 1 amide bonds. The van der Waals surface area contributed by atoms with E-state index in [9.17, 15) is 19.5 Å². The second-order valence-electron chi connectivity index (χ2n) is 5.57. The molecule has 3 rings (SSSR count). The number of carboxylic acids is 1. The maximum atomic E-state index is 12.2. The van der Waals surface area contributed by atoms with E-state index in [1.165, 1.54) is 12.1 Å². The van der Waals surface area contributed by atoms with Crippen LogP contribution in [0.3, 0.4) is 0 Å². The third kappa shape index (κ3) is 4.03. The number of aliphatic carboxylic acids is 1. The van der Waals surface area contributed by atoms with Crippen LogP contribution in [0.1, 0.15) is 16.1 Å². The number of nitrogens with one attached hydrogen (secondary N) is 2. The van der Waals surface area contributed by atoms with Gasteiger partial charge in [0.15, 0.2) is 0 Å². The Hall–Kier alpha value is -3.88. The van der Waals surface area contributed by atoms with E-state index in [4.69, 9.17) is 9.84 Å². The Kier molecular flexibility index (Phi) is 5.02. The summed E-state index contributed by atoms with van der Waals surface area (Å²) >= 11 is 0. The molecule has 0 aliphatic carbocycles. The second-order valence-corrected chi connectivity index (χ2v) is 5.57. The number of benzene rings is 1. The van der Waals surface area contributed by atoms with Crippen LogP contribution in [0.25, 0.3) is 10.9 Å². The highest BCUT2D eigenvalue weighted by molar-refractivity contribution is 6.03. The first kappa shape index (κ1) is 17.9. The lowest BCUT2D eigenvalue weighted by Gasteiger charge is -2.10. The number of carbonyl (C=O) groups is 2. The quantitative estimate of drug-likeness (QED) is 0.508. The van der Waals surface area contributed by atoms with Crippen molar-refractivity contribution in [3.63, 3.8) is 0 Å². The van der Waals surface area contributed by atoms with E-state index < -0.39 is 35.3 Å². The monoisotopic (exact) mass is 369 g/mol. The van der Waals surface area contributed by atoms with Crippen LogP contribution in [0.15, 0.2) is 47.4 Å². The summed E-state index contributed by atoms with van der Waals surface area (Å²) in [4.78, 5) is 41.3. The number of carboxylic acid groups (broad SMARTS) is 1. The van der Waals surface area contributed by atoms with Gasteiger partial charge < -0.3 is 25.3 Å². The summed E-state index contributed by atoms with van der Waals surface area (Å²) < 4.78 is 5.61. The number of nitrogens with zero attached hydrogens (tertiary/aromatic N) is 1. The number of hydrogen-bond donors (Lipinski definition) is 4. The Bertz CT molecular complexity index is 1060. The molecular weight excluding hydrogens is 354 g/mol. The van der Waals surface area contributed by atoms with Gasteiger partial charge in [0.2, 0.25) is 0 Å². The van der Waals surface area contributed by atoms with Crippen molar-refractivity contribution >= 4 is 22.8 Å². The van der Waals surface area contributed by atoms with E-state index in [-0.39, 0.29) is 17.5 Å². The number of aromatic hydroxyl groups is 1. The molecule has 0 saturated heterocycles. The fraction of sp³-hybridized carbons (Fsp3) is 0.111. The highest BCUT2D eigenvalue weighted by atomic mass is 16.5. The number of H-pyrrole nitrogens is 1. The lowest BCUT2D eigenvalue weighted by molar-refractivity contribution is -0.135. The summed E-state index contributed by atoms with van der Waals surface area (Å²) in [5, 5.41) is 21.2. The summed E-state index contributed by atoms with van der Waals surface area (Å²) in [6.45, 7) is -0.450. The number of fused-ring (bicyclic) bond motifs is 1. The smallest absolute Gasteiger partial charge is 0.322 e. The molecule has 2 heterocycles. The lowest BCUT2D eigenvalue weighted by atomic mass is 10.1. The molecule has 2 aromatic heterocycles. The van der Waals surface area contributed by atoms with Crippen molar-refractivity contribution in [3.8, 4) is 11.5 Å². The second kappa shape index (κ2) is 7.56. The number of aromatic nitrogens is 2. The van der Waals surface area contributed by atoms with Crippen LogP contribution in [0.2, 0.25) is 0 Å². The van der Waals surface area contributed by atoms with E-state index >= 15 is 0 Å². The van der Waals surface area contributed by atoms with E-state index in [0.29, 0.717) is 5.75 Å². The minimum absolute atomic E-state index is 0.220. The van der Waals surface area contributed by atoms with Crippen molar-refractivity contribution < 1.29 is 24.5 Å². The van der Waals surface area contributed by atoms with Gasteiger partial charge in [-0.15, -0.1) is 0 Å². The molecule has 0 bridgehead atoms. The van der Waals surface area contributed by atoms with Crippen molar-refractivity contribution in [3.05, 3.63) is 64.2 Å². The zero-order chi connectivity index (χ0) is 19.4. The molecule has 0 fully saturated rings. The van der Waals surface area contributed by atoms with E-state index in [1.807, 2.05) is 11.4 Å². The molecule has 9 nitrogen and oxygen atoms in total. The van der Waals surface area contributed by atoms with Crippen LogP contribution in [0, 0.1) is 0 Å². The zero-order valence-electron chi connectivity index (χ0n) is 13.9. The van der Waals surface area contributed by atoms with Gasteiger partial charge in [-0.3, -0.25) is 19.4 Å². The van der Waals surface area contributed by atoms with Crippen molar-refractivity contribution in [2.75, 3.05) is 6.54 Å². The van der Waals surface area contributed by atoms with Crippen LogP contribution < -0.4 is 15.6 Å². The molecule has 0 unspecified atom stereocenters. The Balaban J connectivity index is 1.87. The Morgan fingerprint density at radius 1 is 1.22 bits per heavy atom. The van der Waals surface area contributed by atoms with Crippen molar-refractivity contribution in [2.45, 2.75) is 6.61 Å². The normalized spacial score (nSPS) is 10.5. The lowest BCUT2D eigenvalue weighted by Crippen LogP contribution is -2.33. The molecule has 9 heteroatoms. The summed E-state index contributed by atoms with van der Waals surface area (Å²) in [6.07, 6.45) is 1.64. The molecule has 0 aliphatic rings. The van der Waals surface area contributed by atoms with E-state index in [2.05, 4.69) is 9.97 Å². The number of pyridine rings is 2. The third-order valence-electron chi connectivity index (χ3n) is 3.70. The molecule has 0 atom stereocenters. The standard InChI is InChI=1S/C18H15N3O6/c22-14(23)8-20-17(25)15-16(24)12-5-4-11(7-13(12)21-18(15)26)27-9-10-3-1-2-6-19-10/h1-7H,8-9H2,(H,20,25)(H,22,23)(H2,21,24,26). The summed E-state index contributed by atoms with van der Waals surface area (Å²) in [6, 6.07) is 10.00. The molecule has 138 valence electrons. The predicted molar refractivity (Wildman–Crippen MR) is 94.8 cm³/mol. The maximum Gasteiger partial charge on any atom is 0.322 e. The van der Waals surface area contributed by atoms with E-state index in [0.717, 1.165) is 5.69 Å². The number of carbonyl (C=O) groups excluding carboxylic acids is 1. The topological polar surface area (TPSA) is 142 Å². The average molecular weight is 369 g/mol. The molecule has 27 heavy (non-hydrogen) atoms. The van der Waals surface area contributed by atoms with Gasteiger partial charge >= 0.3 is 5.97 Å².